The lowest BCUT2D eigenvalue weighted by Gasteiger charge is -2.33. The van der Waals surface area contributed by atoms with Crippen LogP contribution >= 0.6 is 0 Å². The molecule has 0 heterocycles. The fourth-order valence-corrected chi connectivity index (χ4v) is 3.71. The lowest BCUT2D eigenvalue weighted by molar-refractivity contribution is -0.376. The second-order valence-corrected chi connectivity index (χ2v) is 8.22. The number of sulfonamides is 1. The SMILES string of the molecule is CN(c1ccc(C(O)(C(F)(F)F)C(F)(F)F)cc1)S(=O)(=O)c1ccc(C(F)(F)F)cc1. The Morgan fingerprint density at radius 2 is 1.10 bits per heavy atom. The minimum atomic E-state index is -6.12. The molecular formula is C17H12F9NO3S. The maximum absolute atomic E-state index is 12.9. The van der Waals surface area contributed by atoms with Crippen molar-refractivity contribution in [3.8, 4) is 0 Å². The van der Waals surface area contributed by atoms with Crippen molar-refractivity contribution < 1.29 is 53.0 Å². The van der Waals surface area contributed by atoms with Crippen LogP contribution in [0.3, 0.4) is 0 Å². The number of rotatable bonds is 4. The maximum atomic E-state index is 12.9. The van der Waals surface area contributed by atoms with E-state index < -0.39 is 55.9 Å². The molecular weight excluding hydrogens is 469 g/mol. The number of anilines is 1. The zero-order valence-corrected chi connectivity index (χ0v) is 16.0. The van der Waals surface area contributed by atoms with Gasteiger partial charge in [0.25, 0.3) is 15.6 Å². The van der Waals surface area contributed by atoms with Gasteiger partial charge in [0.15, 0.2) is 0 Å². The molecule has 31 heavy (non-hydrogen) atoms. The number of hydrogen-bond donors (Lipinski definition) is 1. The van der Waals surface area contributed by atoms with Crippen molar-refractivity contribution in [2.45, 2.75) is 29.0 Å². The normalized spacial score (nSPS) is 13.9. The van der Waals surface area contributed by atoms with Crippen molar-refractivity contribution in [1.82, 2.24) is 0 Å². The van der Waals surface area contributed by atoms with Gasteiger partial charge in [-0.2, -0.15) is 39.5 Å². The summed E-state index contributed by atoms with van der Waals surface area (Å²) in [6.45, 7) is 0. The molecule has 0 fully saturated rings. The Labute approximate surface area is 169 Å². The molecule has 0 saturated carbocycles. The van der Waals surface area contributed by atoms with E-state index in [-0.39, 0.29) is 12.1 Å². The minimum absolute atomic E-state index is 0.245. The third-order valence-corrected chi connectivity index (χ3v) is 6.11. The summed E-state index contributed by atoms with van der Waals surface area (Å²) in [5, 5.41) is 9.34. The van der Waals surface area contributed by atoms with E-state index in [1.54, 1.807) is 0 Å². The van der Waals surface area contributed by atoms with Gasteiger partial charge in [0.2, 0.25) is 0 Å². The Kier molecular flexibility index (Phi) is 6.06. The maximum Gasteiger partial charge on any atom is 0.430 e. The van der Waals surface area contributed by atoms with Crippen molar-refractivity contribution in [2.75, 3.05) is 11.4 Å². The highest BCUT2D eigenvalue weighted by atomic mass is 32.2. The Morgan fingerprint density at radius 1 is 0.710 bits per heavy atom. The van der Waals surface area contributed by atoms with Gasteiger partial charge in [-0.3, -0.25) is 4.31 Å². The van der Waals surface area contributed by atoms with Gasteiger partial charge >= 0.3 is 18.5 Å². The van der Waals surface area contributed by atoms with Crippen LogP contribution < -0.4 is 4.31 Å². The number of hydrogen-bond acceptors (Lipinski definition) is 3. The number of nitrogens with zero attached hydrogens (tertiary/aromatic N) is 1. The summed E-state index contributed by atoms with van der Waals surface area (Å²) in [6, 6.07) is 3.94. The highest BCUT2D eigenvalue weighted by Crippen LogP contribution is 2.50. The molecule has 0 spiro atoms. The molecule has 0 aromatic heterocycles. The Balaban J connectivity index is 2.42. The molecule has 0 unspecified atom stereocenters. The molecule has 2 aromatic carbocycles. The molecule has 172 valence electrons. The predicted octanol–water partition coefficient (Wildman–Crippen LogP) is 4.84. The van der Waals surface area contributed by atoms with Gasteiger partial charge < -0.3 is 5.11 Å². The van der Waals surface area contributed by atoms with Crippen LogP contribution in [0, 0.1) is 0 Å². The Morgan fingerprint density at radius 3 is 1.45 bits per heavy atom. The number of aliphatic hydroxyl groups is 1. The number of alkyl halides is 9. The standard InChI is InChI=1S/C17H12F9NO3S/c1-27(31(29,30)13-8-4-11(5-9-13)15(18,19)20)12-6-2-10(3-7-12)14(28,16(21,22)23)17(24,25)26/h2-9,28H,1H3. The first-order valence-electron chi connectivity index (χ1n) is 7.96. The number of benzene rings is 2. The van der Waals surface area contributed by atoms with E-state index in [4.69, 9.17) is 0 Å². The van der Waals surface area contributed by atoms with Crippen LogP contribution in [0.4, 0.5) is 45.2 Å². The van der Waals surface area contributed by atoms with Crippen LogP contribution in [0.15, 0.2) is 53.4 Å². The van der Waals surface area contributed by atoms with Crippen molar-refractivity contribution >= 4 is 15.7 Å². The third-order valence-electron chi connectivity index (χ3n) is 4.31. The second-order valence-electron chi connectivity index (χ2n) is 6.25. The molecule has 0 aliphatic rings. The molecule has 0 bridgehead atoms. The smallest absolute Gasteiger partial charge is 0.369 e. The molecule has 14 heteroatoms. The molecule has 0 radical (unpaired) electrons. The lowest BCUT2D eigenvalue weighted by atomic mass is 9.92. The van der Waals surface area contributed by atoms with Crippen molar-refractivity contribution in [3.63, 3.8) is 0 Å². The van der Waals surface area contributed by atoms with E-state index in [9.17, 15) is 53.0 Å². The predicted molar refractivity (Wildman–Crippen MR) is 89.5 cm³/mol. The Bertz CT molecular complexity index is 1010. The second kappa shape index (κ2) is 7.58. The summed E-state index contributed by atoms with van der Waals surface area (Å²) in [5.74, 6) is 0. The van der Waals surface area contributed by atoms with Gasteiger partial charge in [0, 0.05) is 12.6 Å². The van der Waals surface area contributed by atoms with Gasteiger partial charge in [0.05, 0.1) is 16.1 Å². The van der Waals surface area contributed by atoms with Gasteiger partial charge in [-0.15, -0.1) is 0 Å². The summed E-state index contributed by atoms with van der Waals surface area (Å²) in [6.07, 6.45) is -17.0. The minimum Gasteiger partial charge on any atom is -0.369 e. The van der Waals surface area contributed by atoms with E-state index in [0.717, 1.165) is 7.05 Å². The largest absolute Gasteiger partial charge is 0.430 e. The van der Waals surface area contributed by atoms with Crippen molar-refractivity contribution in [3.05, 3.63) is 59.7 Å². The number of halogens is 9. The first-order chi connectivity index (χ1) is 13.8. The van der Waals surface area contributed by atoms with Crippen LogP contribution in [-0.4, -0.2) is 32.9 Å². The lowest BCUT2D eigenvalue weighted by Crippen LogP contribution is -2.53. The van der Waals surface area contributed by atoms with Gasteiger partial charge in [-0.1, -0.05) is 12.1 Å². The molecule has 2 rings (SSSR count). The topological polar surface area (TPSA) is 57.6 Å². The van der Waals surface area contributed by atoms with Gasteiger partial charge in [-0.05, 0) is 36.4 Å². The highest BCUT2D eigenvalue weighted by molar-refractivity contribution is 7.92. The van der Waals surface area contributed by atoms with Crippen LogP contribution in [0.25, 0.3) is 0 Å². The fraction of sp³-hybridized carbons (Fsp3) is 0.294. The molecule has 4 nitrogen and oxygen atoms in total. The average molecular weight is 481 g/mol. The molecule has 2 aromatic rings. The van der Waals surface area contributed by atoms with E-state index in [1.165, 1.54) is 0 Å². The average Bonchev–Trinajstić information content (AvgIpc) is 2.64. The summed E-state index contributed by atoms with van der Waals surface area (Å²) in [4.78, 5) is -0.603. The molecule has 1 N–H and O–H groups in total. The van der Waals surface area contributed by atoms with Gasteiger partial charge in [0.1, 0.15) is 0 Å². The van der Waals surface area contributed by atoms with Gasteiger partial charge in [-0.25, -0.2) is 8.42 Å². The Hall–Kier alpha value is -2.48. The summed E-state index contributed by atoms with van der Waals surface area (Å²) in [7, 11) is -3.61. The van der Waals surface area contributed by atoms with Crippen LogP contribution in [0.5, 0.6) is 0 Å². The molecule has 0 amide bonds. The van der Waals surface area contributed by atoms with Crippen LogP contribution in [0.2, 0.25) is 0 Å². The molecule has 0 aliphatic heterocycles. The van der Waals surface area contributed by atoms with E-state index in [1.807, 2.05) is 0 Å². The highest BCUT2D eigenvalue weighted by Gasteiger charge is 2.71. The van der Waals surface area contributed by atoms with Crippen LogP contribution in [0.1, 0.15) is 11.1 Å². The quantitative estimate of drug-likeness (QED) is 0.636. The van der Waals surface area contributed by atoms with Crippen molar-refractivity contribution in [2.24, 2.45) is 0 Å². The molecule has 0 atom stereocenters. The zero-order valence-electron chi connectivity index (χ0n) is 15.1. The van der Waals surface area contributed by atoms with Crippen LogP contribution in [-0.2, 0) is 21.8 Å². The first kappa shape index (κ1) is 24.8. The van der Waals surface area contributed by atoms with E-state index >= 15 is 0 Å². The monoisotopic (exact) mass is 481 g/mol. The third kappa shape index (κ3) is 4.44. The van der Waals surface area contributed by atoms with E-state index in [0.29, 0.717) is 40.7 Å². The summed E-state index contributed by atoms with van der Waals surface area (Å²) in [5.41, 5.74) is -8.33. The summed E-state index contributed by atoms with van der Waals surface area (Å²) < 4.78 is 141. The molecule has 0 saturated heterocycles. The van der Waals surface area contributed by atoms with E-state index in [2.05, 4.69) is 0 Å². The van der Waals surface area contributed by atoms with Crippen molar-refractivity contribution in [1.29, 1.82) is 0 Å². The molecule has 0 aliphatic carbocycles. The summed E-state index contributed by atoms with van der Waals surface area (Å²) >= 11 is 0. The zero-order chi connectivity index (χ0) is 24.0. The first-order valence-corrected chi connectivity index (χ1v) is 9.40. The fourth-order valence-electron chi connectivity index (χ4n) is 2.51.